The van der Waals surface area contributed by atoms with Gasteiger partial charge in [0.1, 0.15) is 0 Å². The Morgan fingerprint density at radius 3 is 2.52 bits per heavy atom. The first-order valence-corrected chi connectivity index (χ1v) is 7.05. The highest BCUT2D eigenvalue weighted by atomic mass is 35.5. The molecule has 1 amide bonds. The number of benzene rings is 1. The van der Waals surface area contributed by atoms with Crippen molar-refractivity contribution in [3.8, 4) is 0 Å². The Balaban J connectivity index is 2.95. The van der Waals surface area contributed by atoms with Crippen LogP contribution < -0.4 is 5.32 Å². The fraction of sp³-hybridized carbons (Fsp3) is 0.429. The molecule has 0 saturated carbocycles. The van der Waals surface area contributed by atoms with Crippen molar-refractivity contribution >= 4 is 35.1 Å². The van der Waals surface area contributed by atoms with Crippen LogP contribution in [0.1, 0.15) is 25.3 Å². The van der Waals surface area contributed by atoms with Crippen LogP contribution in [-0.4, -0.2) is 30.7 Å². The number of halogens is 2. The summed E-state index contributed by atoms with van der Waals surface area (Å²) in [4.78, 5) is 23.4. The minimum Gasteiger partial charge on any atom is -0.479 e. The van der Waals surface area contributed by atoms with Crippen LogP contribution in [0.2, 0.25) is 10.0 Å². The van der Waals surface area contributed by atoms with E-state index in [1.54, 1.807) is 0 Å². The molecule has 116 valence electrons. The van der Waals surface area contributed by atoms with Gasteiger partial charge in [-0.15, -0.1) is 0 Å². The van der Waals surface area contributed by atoms with Gasteiger partial charge in [-0.25, -0.2) is 4.79 Å². The predicted octanol–water partition coefficient (Wildman–Crippen LogP) is 2.84. The maximum atomic E-state index is 11.9. The van der Waals surface area contributed by atoms with E-state index in [2.05, 4.69) is 5.32 Å². The molecule has 2 N–H and O–H groups in total. The van der Waals surface area contributed by atoms with Crippen molar-refractivity contribution < 1.29 is 19.4 Å². The topological polar surface area (TPSA) is 75.6 Å². The second kappa shape index (κ2) is 7.64. The Hall–Kier alpha value is -1.30. The highest BCUT2D eigenvalue weighted by Gasteiger charge is 2.37. The molecule has 5 nitrogen and oxygen atoms in total. The number of hydrogen-bond acceptors (Lipinski definition) is 3. The third-order valence-electron chi connectivity index (χ3n) is 3.07. The number of carbonyl (C=O) groups is 2. The van der Waals surface area contributed by atoms with Gasteiger partial charge in [0, 0.05) is 20.1 Å². The summed E-state index contributed by atoms with van der Waals surface area (Å²) in [6.07, 6.45) is 0.692. The number of amides is 1. The molecule has 1 aromatic rings. The van der Waals surface area contributed by atoms with Gasteiger partial charge in [0.15, 0.2) is 5.54 Å². The SMILES string of the molecule is COCCCC(=O)NC(C)(C(=O)O)c1ccc(Cl)c(Cl)c1. The minimum absolute atomic E-state index is 0.179. The first-order chi connectivity index (χ1) is 9.81. The molecule has 1 unspecified atom stereocenters. The summed E-state index contributed by atoms with van der Waals surface area (Å²) in [5, 5.41) is 12.5. The molecular weight excluding hydrogens is 317 g/mol. The maximum Gasteiger partial charge on any atom is 0.333 e. The maximum absolute atomic E-state index is 11.9. The summed E-state index contributed by atoms with van der Waals surface area (Å²) in [6.45, 7) is 1.84. The number of carboxylic acids is 1. The Morgan fingerprint density at radius 1 is 1.33 bits per heavy atom. The lowest BCUT2D eigenvalue weighted by Gasteiger charge is -2.27. The van der Waals surface area contributed by atoms with Gasteiger partial charge in [-0.1, -0.05) is 29.3 Å². The van der Waals surface area contributed by atoms with Crippen LogP contribution in [-0.2, 0) is 19.9 Å². The Labute approximate surface area is 133 Å². The molecule has 0 aliphatic rings. The van der Waals surface area contributed by atoms with E-state index in [-0.39, 0.29) is 17.4 Å². The molecule has 0 radical (unpaired) electrons. The van der Waals surface area contributed by atoms with Gasteiger partial charge in [-0.05, 0) is 31.0 Å². The smallest absolute Gasteiger partial charge is 0.333 e. The summed E-state index contributed by atoms with van der Waals surface area (Å²) in [6, 6.07) is 4.46. The molecule has 0 aliphatic heterocycles. The number of nitrogens with one attached hydrogen (secondary N) is 1. The lowest BCUT2D eigenvalue weighted by molar-refractivity contribution is -0.147. The molecule has 0 aromatic heterocycles. The molecule has 1 atom stereocenters. The summed E-state index contributed by atoms with van der Waals surface area (Å²) in [7, 11) is 1.54. The van der Waals surface area contributed by atoms with Gasteiger partial charge in [-0.2, -0.15) is 0 Å². The molecule has 0 spiro atoms. The third-order valence-corrected chi connectivity index (χ3v) is 3.81. The number of carboxylic acid groups (broad SMARTS) is 1. The van der Waals surface area contributed by atoms with E-state index in [1.807, 2.05) is 0 Å². The van der Waals surface area contributed by atoms with Gasteiger partial charge in [0.25, 0.3) is 0 Å². The second-order valence-electron chi connectivity index (χ2n) is 4.70. The summed E-state index contributed by atoms with van der Waals surface area (Å²) < 4.78 is 4.85. The molecule has 0 aliphatic carbocycles. The molecule has 1 rings (SSSR count). The number of methoxy groups -OCH3 is 1. The summed E-state index contributed by atoms with van der Waals surface area (Å²) in [5.41, 5.74) is -1.22. The molecule has 0 fully saturated rings. The monoisotopic (exact) mass is 333 g/mol. The van der Waals surface area contributed by atoms with Crippen molar-refractivity contribution in [2.75, 3.05) is 13.7 Å². The third kappa shape index (κ3) is 4.59. The van der Waals surface area contributed by atoms with Crippen molar-refractivity contribution in [1.29, 1.82) is 0 Å². The zero-order valence-electron chi connectivity index (χ0n) is 11.8. The van der Waals surface area contributed by atoms with Gasteiger partial charge in [0.2, 0.25) is 5.91 Å². The predicted molar refractivity (Wildman–Crippen MR) is 80.7 cm³/mol. The molecule has 0 saturated heterocycles. The highest BCUT2D eigenvalue weighted by molar-refractivity contribution is 6.42. The lowest BCUT2D eigenvalue weighted by Crippen LogP contribution is -2.49. The van der Waals surface area contributed by atoms with E-state index in [9.17, 15) is 14.7 Å². The molecule has 1 aromatic carbocycles. The van der Waals surface area contributed by atoms with Crippen LogP contribution in [0, 0.1) is 0 Å². The molecule has 21 heavy (non-hydrogen) atoms. The van der Waals surface area contributed by atoms with Crippen LogP contribution in [0.5, 0.6) is 0 Å². The van der Waals surface area contributed by atoms with Crippen molar-refractivity contribution in [2.45, 2.75) is 25.3 Å². The van der Waals surface area contributed by atoms with Crippen molar-refractivity contribution in [2.24, 2.45) is 0 Å². The van der Waals surface area contributed by atoms with Gasteiger partial charge in [-0.3, -0.25) is 4.79 Å². The quantitative estimate of drug-likeness (QED) is 0.752. The van der Waals surface area contributed by atoms with E-state index in [0.717, 1.165) is 0 Å². The van der Waals surface area contributed by atoms with Gasteiger partial charge < -0.3 is 15.2 Å². The first-order valence-electron chi connectivity index (χ1n) is 6.30. The van der Waals surface area contributed by atoms with Crippen molar-refractivity contribution in [1.82, 2.24) is 5.32 Å². The zero-order chi connectivity index (χ0) is 16.0. The number of aliphatic carboxylic acids is 1. The largest absolute Gasteiger partial charge is 0.479 e. The zero-order valence-corrected chi connectivity index (χ0v) is 13.3. The van der Waals surface area contributed by atoms with E-state index < -0.39 is 11.5 Å². The normalized spacial score (nSPS) is 13.5. The molecule has 0 heterocycles. The van der Waals surface area contributed by atoms with Crippen LogP contribution in [0.4, 0.5) is 0 Å². The van der Waals surface area contributed by atoms with Crippen LogP contribution >= 0.6 is 23.2 Å². The second-order valence-corrected chi connectivity index (χ2v) is 5.52. The molecule has 7 heteroatoms. The van der Waals surface area contributed by atoms with Gasteiger partial charge in [0.05, 0.1) is 10.0 Å². The van der Waals surface area contributed by atoms with Crippen molar-refractivity contribution in [3.05, 3.63) is 33.8 Å². The fourth-order valence-corrected chi connectivity index (χ4v) is 2.07. The molecule has 0 bridgehead atoms. The van der Waals surface area contributed by atoms with Crippen LogP contribution in [0.25, 0.3) is 0 Å². The van der Waals surface area contributed by atoms with Crippen molar-refractivity contribution in [3.63, 3.8) is 0 Å². The van der Waals surface area contributed by atoms with Gasteiger partial charge >= 0.3 is 5.97 Å². The number of rotatable bonds is 7. The van der Waals surface area contributed by atoms with Crippen LogP contribution in [0.3, 0.4) is 0 Å². The van der Waals surface area contributed by atoms with Crippen LogP contribution in [0.15, 0.2) is 18.2 Å². The summed E-state index contributed by atoms with van der Waals surface area (Å²) in [5.74, 6) is -1.55. The average molecular weight is 334 g/mol. The minimum atomic E-state index is -1.57. The standard InChI is InChI=1S/C14H17Cl2NO4/c1-14(13(19)20,17-12(18)4-3-7-21-2)9-5-6-10(15)11(16)8-9/h5-6,8H,3-4,7H2,1-2H3,(H,17,18)(H,19,20). The van der Waals surface area contributed by atoms with E-state index in [1.165, 1.54) is 32.2 Å². The Bertz CT molecular complexity index is 536. The van der Waals surface area contributed by atoms with E-state index in [4.69, 9.17) is 27.9 Å². The number of hydrogen-bond donors (Lipinski definition) is 2. The number of ether oxygens (including phenoxy) is 1. The highest BCUT2D eigenvalue weighted by Crippen LogP contribution is 2.29. The molecular formula is C14H17Cl2NO4. The average Bonchev–Trinajstić information content (AvgIpc) is 2.41. The fourth-order valence-electron chi connectivity index (χ4n) is 1.77. The number of carbonyl (C=O) groups excluding carboxylic acids is 1. The Kier molecular flexibility index (Phi) is 6.45. The van der Waals surface area contributed by atoms with E-state index in [0.29, 0.717) is 23.6 Å². The first kappa shape index (κ1) is 17.8. The summed E-state index contributed by atoms with van der Waals surface area (Å²) >= 11 is 11.7. The van der Waals surface area contributed by atoms with E-state index >= 15 is 0 Å². The lowest BCUT2D eigenvalue weighted by atomic mass is 9.91. The Morgan fingerprint density at radius 2 is 2.00 bits per heavy atom.